The van der Waals surface area contributed by atoms with Crippen LogP contribution in [0.25, 0.3) is 0 Å². The van der Waals surface area contributed by atoms with Gasteiger partial charge in [0.1, 0.15) is 0 Å². The quantitative estimate of drug-likeness (QED) is 0.174. The summed E-state index contributed by atoms with van der Waals surface area (Å²) in [7, 11) is 0. The molecular weight excluding hydrogens is 328 g/mol. The van der Waals surface area contributed by atoms with Gasteiger partial charge >= 0.3 is 0 Å². The number of hydrogen-bond acceptors (Lipinski definition) is 1. The fourth-order valence-electron chi connectivity index (χ4n) is 3.63. The minimum absolute atomic E-state index is 0.329. The zero-order valence-corrected chi connectivity index (χ0v) is 18.0. The maximum Gasteiger partial charge on any atom is 0.0720 e. The summed E-state index contributed by atoms with van der Waals surface area (Å²) < 4.78 is 6.10. The van der Waals surface area contributed by atoms with Gasteiger partial charge in [0.25, 0.3) is 0 Å². The van der Waals surface area contributed by atoms with Gasteiger partial charge in [-0.25, -0.2) is 0 Å². The third-order valence-electron chi connectivity index (χ3n) is 5.39. The van der Waals surface area contributed by atoms with Crippen LogP contribution in [-0.2, 0) is 11.3 Å². The van der Waals surface area contributed by atoms with E-state index in [2.05, 4.69) is 43.8 Å². The molecule has 0 bridgehead atoms. The van der Waals surface area contributed by atoms with Crippen LogP contribution < -0.4 is 0 Å². The highest BCUT2D eigenvalue weighted by Crippen LogP contribution is 2.16. The van der Waals surface area contributed by atoms with E-state index in [-0.39, 0.29) is 0 Å². The third-order valence-corrected chi connectivity index (χ3v) is 5.39. The highest BCUT2D eigenvalue weighted by atomic mass is 16.5. The van der Waals surface area contributed by atoms with Gasteiger partial charge in [0.2, 0.25) is 0 Å². The molecule has 154 valence electrons. The minimum atomic E-state index is 0.329. The van der Waals surface area contributed by atoms with Crippen LogP contribution in [-0.4, -0.2) is 6.10 Å². The standard InChI is InChI=1S/C26H44O/c1-3-5-6-7-8-9-10-11-12-13-14-15-19-23-26(20-4-2)27-24-25-21-17-16-18-22-25/h4,16-18,21-22,26H,2-3,5-15,19-20,23-24H2,1H3/t26-/m0/s1. The average molecular weight is 373 g/mol. The van der Waals surface area contributed by atoms with Crippen LogP contribution in [0.1, 0.15) is 109 Å². The Bertz CT molecular complexity index is 425. The smallest absolute Gasteiger partial charge is 0.0720 e. The zero-order chi connectivity index (χ0) is 19.4. The van der Waals surface area contributed by atoms with Crippen LogP contribution in [0.5, 0.6) is 0 Å². The lowest BCUT2D eigenvalue weighted by atomic mass is 10.0. The predicted molar refractivity (Wildman–Crippen MR) is 120 cm³/mol. The van der Waals surface area contributed by atoms with E-state index in [0.29, 0.717) is 6.10 Å². The molecule has 0 unspecified atom stereocenters. The van der Waals surface area contributed by atoms with Crippen LogP contribution in [0, 0.1) is 0 Å². The average Bonchev–Trinajstić information content (AvgIpc) is 2.70. The first kappa shape index (κ1) is 24.0. The van der Waals surface area contributed by atoms with Crippen molar-refractivity contribution in [2.45, 2.75) is 116 Å². The summed E-state index contributed by atoms with van der Waals surface area (Å²) in [6, 6.07) is 10.5. The van der Waals surface area contributed by atoms with Crippen molar-refractivity contribution in [2.24, 2.45) is 0 Å². The molecule has 0 aliphatic heterocycles. The van der Waals surface area contributed by atoms with E-state index in [9.17, 15) is 0 Å². The highest BCUT2D eigenvalue weighted by Gasteiger charge is 2.07. The van der Waals surface area contributed by atoms with Crippen LogP contribution >= 0.6 is 0 Å². The van der Waals surface area contributed by atoms with Gasteiger partial charge in [-0.15, -0.1) is 6.58 Å². The summed E-state index contributed by atoms with van der Waals surface area (Å²) in [5, 5.41) is 0. The van der Waals surface area contributed by atoms with Crippen molar-refractivity contribution in [3.8, 4) is 0 Å². The number of unbranched alkanes of at least 4 members (excludes halogenated alkanes) is 12. The summed E-state index contributed by atoms with van der Waals surface area (Å²) in [5.74, 6) is 0. The van der Waals surface area contributed by atoms with Gasteiger partial charge in [0.15, 0.2) is 0 Å². The molecular formula is C26H44O. The van der Waals surface area contributed by atoms with Gasteiger partial charge in [-0.3, -0.25) is 0 Å². The minimum Gasteiger partial charge on any atom is -0.373 e. The molecule has 0 spiro atoms. The molecule has 27 heavy (non-hydrogen) atoms. The van der Waals surface area contributed by atoms with Crippen molar-refractivity contribution in [3.63, 3.8) is 0 Å². The van der Waals surface area contributed by atoms with Gasteiger partial charge in [-0.2, -0.15) is 0 Å². The van der Waals surface area contributed by atoms with Crippen LogP contribution in [0.2, 0.25) is 0 Å². The predicted octanol–water partition coefficient (Wildman–Crippen LogP) is 8.63. The van der Waals surface area contributed by atoms with Gasteiger partial charge in [-0.1, -0.05) is 127 Å². The van der Waals surface area contributed by atoms with Gasteiger partial charge in [0, 0.05) is 0 Å². The molecule has 0 fully saturated rings. The molecule has 1 atom stereocenters. The van der Waals surface area contributed by atoms with E-state index in [1.54, 1.807) is 0 Å². The van der Waals surface area contributed by atoms with E-state index in [1.807, 2.05) is 6.08 Å². The summed E-state index contributed by atoms with van der Waals surface area (Å²) in [6.07, 6.45) is 22.8. The van der Waals surface area contributed by atoms with Crippen molar-refractivity contribution < 1.29 is 4.74 Å². The molecule has 0 radical (unpaired) electrons. The first-order chi connectivity index (χ1) is 13.4. The lowest BCUT2D eigenvalue weighted by Gasteiger charge is -2.16. The van der Waals surface area contributed by atoms with Crippen molar-refractivity contribution in [1.82, 2.24) is 0 Å². The molecule has 1 aromatic rings. The Kier molecular flexibility index (Phi) is 16.2. The second-order valence-corrected chi connectivity index (χ2v) is 7.97. The number of ether oxygens (including phenoxy) is 1. The van der Waals surface area contributed by atoms with Gasteiger partial charge in [-0.05, 0) is 18.4 Å². The van der Waals surface area contributed by atoms with Gasteiger partial charge < -0.3 is 4.74 Å². The van der Waals surface area contributed by atoms with Crippen molar-refractivity contribution in [1.29, 1.82) is 0 Å². The summed E-state index contributed by atoms with van der Waals surface area (Å²) in [5.41, 5.74) is 1.26. The maximum atomic E-state index is 6.10. The lowest BCUT2D eigenvalue weighted by Crippen LogP contribution is -2.12. The van der Waals surface area contributed by atoms with Gasteiger partial charge in [0.05, 0.1) is 12.7 Å². The molecule has 1 rings (SSSR count). The molecule has 0 amide bonds. The molecule has 0 heterocycles. The molecule has 0 saturated carbocycles. The Balaban J connectivity index is 1.93. The number of hydrogen-bond donors (Lipinski definition) is 0. The molecule has 0 aliphatic rings. The molecule has 1 heteroatoms. The summed E-state index contributed by atoms with van der Waals surface area (Å²) >= 11 is 0. The number of rotatable bonds is 19. The molecule has 0 N–H and O–H groups in total. The Morgan fingerprint density at radius 3 is 1.81 bits per heavy atom. The molecule has 0 aromatic heterocycles. The van der Waals surface area contributed by atoms with E-state index >= 15 is 0 Å². The maximum absolute atomic E-state index is 6.10. The lowest BCUT2D eigenvalue weighted by molar-refractivity contribution is 0.0354. The molecule has 0 saturated heterocycles. The van der Waals surface area contributed by atoms with Crippen molar-refractivity contribution in [3.05, 3.63) is 48.6 Å². The molecule has 1 nitrogen and oxygen atoms in total. The summed E-state index contributed by atoms with van der Waals surface area (Å²) in [4.78, 5) is 0. The highest BCUT2D eigenvalue weighted by molar-refractivity contribution is 5.13. The van der Waals surface area contributed by atoms with E-state index in [1.165, 1.54) is 89.0 Å². The Morgan fingerprint density at radius 2 is 1.30 bits per heavy atom. The van der Waals surface area contributed by atoms with Crippen molar-refractivity contribution >= 4 is 0 Å². The van der Waals surface area contributed by atoms with Crippen LogP contribution in [0.4, 0.5) is 0 Å². The Hall–Kier alpha value is -1.08. The SMILES string of the molecule is C=CC[C@@H](CCCCCCCCCCCCCCC)OCc1ccccc1. The zero-order valence-electron chi connectivity index (χ0n) is 18.0. The second kappa shape index (κ2) is 18.3. The third kappa shape index (κ3) is 14.6. The van der Waals surface area contributed by atoms with Crippen LogP contribution in [0.3, 0.4) is 0 Å². The largest absolute Gasteiger partial charge is 0.373 e. The van der Waals surface area contributed by atoms with E-state index < -0.39 is 0 Å². The fourth-order valence-corrected chi connectivity index (χ4v) is 3.63. The normalized spacial score (nSPS) is 12.2. The Labute approximate surface area is 169 Å². The Morgan fingerprint density at radius 1 is 0.778 bits per heavy atom. The molecule has 1 aromatic carbocycles. The fraction of sp³-hybridized carbons (Fsp3) is 0.692. The first-order valence-electron chi connectivity index (χ1n) is 11.6. The van der Waals surface area contributed by atoms with E-state index in [4.69, 9.17) is 4.74 Å². The van der Waals surface area contributed by atoms with Crippen molar-refractivity contribution in [2.75, 3.05) is 0 Å². The summed E-state index contributed by atoms with van der Waals surface area (Å²) in [6.45, 7) is 6.90. The monoisotopic (exact) mass is 372 g/mol. The topological polar surface area (TPSA) is 9.23 Å². The van der Waals surface area contributed by atoms with Crippen LogP contribution in [0.15, 0.2) is 43.0 Å². The van der Waals surface area contributed by atoms with E-state index in [0.717, 1.165) is 19.4 Å². The second-order valence-electron chi connectivity index (χ2n) is 7.97. The number of benzene rings is 1. The molecule has 0 aliphatic carbocycles. The first-order valence-corrected chi connectivity index (χ1v) is 11.6.